The van der Waals surface area contributed by atoms with Crippen LogP contribution in [0, 0.1) is 5.92 Å². The number of carbonyl (C=O) groups is 1. The fraction of sp³-hybridized carbons (Fsp3) is 0.562. The Labute approximate surface area is 142 Å². The Hall–Kier alpha value is -1.80. The lowest BCUT2D eigenvalue weighted by atomic mass is 9.92. The van der Waals surface area contributed by atoms with Gasteiger partial charge in [0.15, 0.2) is 0 Å². The second-order valence-electron chi connectivity index (χ2n) is 6.51. The van der Waals surface area contributed by atoms with E-state index in [1.807, 2.05) is 6.92 Å². The fourth-order valence-electron chi connectivity index (χ4n) is 3.31. The third-order valence-corrected chi connectivity index (χ3v) is 6.49. The smallest absolute Gasteiger partial charge is 0.235 e. The molecular weight excluding hydrogens is 330 g/mol. The predicted molar refractivity (Wildman–Crippen MR) is 92.7 cm³/mol. The first kappa shape index (κ1) is 17.0. The maximum Gasteiger partial charge on any atom is 0.235 e. The Bertz CT molecular complexity index is 735. The molecule has 0 aromatic heterocycles. The monoisotopic (exact) mass is 353 g/mol. The summed E-state index contributed by atoms with van der Waals surface area (Å²) in [6, 6.07) is 4.79. The number of hydrogen-bond donors (Lipinski definition) is 3. The average molecular weight is 353 g/mol. The predicted octanol–water partition coefficient (Wildman–Crippen LogP) is 1.26. The van der Waals surface area contributed by atoms with Crippen LogP contribution < -0.4 is 14.9 Å². The molecule has 1 aromatic rings. The third-order valence-electron chi connectivity index (χ3n) is 4.62. The van der Waals surface area contributed by atoms with Crippen molar-refractivity contribution in [2.75, 3.05) is 28.5 Å². The second kappa shape index (κ2) is 6.60. The SMILES string of the molecule is C[C@H]1C[C@@H](C(=O)Nc2cc(N3CCCS3(=O)=O)ccc2O)CCN1. The Morgan fingerprint density at radius 3 is 2.88 bits per heavy atom. The van der Waals surface area contributed by atoms with Crippen molar-refractivity contribution in [3.63, 3.8) is 0 Å². The van der Waals surface area contributed by atoms with Gasteiger partial charge >= 0.3 is 0 Å². The highest BCUT2D eigenvalue weighted by Gasteiger charge is 2.29. The van der Waals surface area contributed by atoms with Gasteiger partial charge in [0.25, 0.3) is 0 Å². The second-order valence-corrected chi connectivity index (χ2v) is 8.52. The number of rotatable bonds is 3. The topological polar surface area (TPSA) is 98.7 Å². The minimum absolute atomic E-state index is 0.0642. The summed E-state index contributed by atoms with van der Waals surface area (Å²) >= 11 is 0. The summed E-state index contributed by atoms with van der Waals surface area (Å²) in [7, 11) is -3.30. The number of aromatic hydroxyl groups is 1. The normalized spacial score (nSPS) is 26.3. The molecule has 0 radical (unpaired) electrons. The van der Waals surface area contributed by atoms with Gasteiger partial charge in [0.1, 0.15) is 5.75 Å². The zero-order valence-corrected chi connectivity index (χ0v) is 14.5. The van der Waals surface area contributed by atoms with Crippen LogP contribution in [0.25, 0.3) is 0 Å². The van der Waals surface area contributed by atoms with E-state index in [-0.39, 0.29) is 35.1 Å². The zero-order chi connectivity index (χ0) is 17.3. The average Bonchev–Trinajstić information content (AvgIpc) is 2.89. The molecule has 2 aliphatic rings. The Morgan fingerprint density at radius 2 is 2.21 bits per heavy atom. The van der Waals surface area contributed by atoms with E-state index in [1.165, 1.54) is 16.4 Å². The van der Waals surface area contributed by atoms with Crippen LogP contribution in [0.15, 0.2) is 18.2 Å². The van der Waals surface area contributed by atoms with Crippen molar-refractivity contribution in [1.82, 2.24) is 5.32 Å². The van der Waals surface area contributed by atoms with Crippen LogP contribution in [-0.2, 0) is 14.8 Å². The molecular formula is C16H23N3O4S. The van der Waals surface area contributed by atoms with Gasteiger partial charge in [-0.3, -0.25) is 9.10 Å². The van der Waals surface area contributed by atoms with E-state index < -0.39 is 10.0 Å². The number of anilines is 2. The minimum atomic E-state index is -3.30. The van der Waals surface area contributed by atoms with Crippen LogP contribution in [0.5, 0.6) is 5.75 Å². The van der Waals surface area contributed by atoms with Crippen molar-refractivity contribution in [3.8, 4) is 5.75 Å². The standard InChI is InChI=1S/C16H23N3O4S/c1-11-9-12(5-6-17-11)16(21)18-14-10-13(3-4-15(14)20)19-7-2-8-24(19,22)23/h3-4,10-12,17,20H,2,5-9H2,1H3,(H,18,21)/t11-,12-/m0/s1. The summed E-state index contributed by atoms with van der Waals surface area (Å²) in [5.74, 6) is -0.187. The van der Waals surface area contributed by atoms with Gasteiger partial charge in [0.05, 0.1) is 17.1 Å². The number of carbonyl (C=O) groups excluding carboxylic acids is 1. The molecule has 0 spiro atoms. The highest BCUT2D eigenvalue weighted by molar-refractivity contribution is 7.93. The molecule has 0 unspecified atom stereocenters. The molecule has 1 aromatic carbocycles. The maximum atomic E-state index is 12.4. The quantitative estimate of drug-likeness (QED) is 0.711. The zero-order valence-electron chi connectivity index (χ0n) is 13.7. The van der Waals surface area contributed by atoms with Crippen molar-refractivity contribution in [2.24, 2.45) is 5.92 Å². The lowest BCUT2D eigenvalue weighted by Crippen LogP contribution is -2.40. The molecule has 0 saturated carbocycles. The van der Waals surface area contributed by atoms with Crippen LogP contribution >= 0.6 is 0 Å². The number of hydrogen-bond acceptors (Lipinski definition) is 5. The number of phenolic OH excluding ortho intramolecular Hbond substituents is 1. The van der Waals surface area contributed by atoms with Crippen molar-refractivity contribution in [3.05, 3.63) is 18.2 Å². The molecule has 3 rings (SSSR count). The molecule has 8 heteroatoms. The van der Waals surface area contributed by atoms with Gasteiger partial charge < -0.3 is 15.7 Å². The van der Waals surface area contributed by atoms with E-state index in [1.54, 1.807) is 6.07 Å². The maximum absolute atomic E-state index is 12.4. The summed E-state index contributed by atoms with van der Waals surface area (Å²) < 4.78 is 25.4. The van der Waals surface area contributed by atoms with Crippen molar-refractivity contribution >= 4 is 27.3 Å². The molecule has 3 N–H and O–H groups in total. The molecule has 132 valence electrons. The van der Waals surface area contributed by atoms with Crippen LogP contribution in [0.3, 0.4) is 0 Å². The van der Waals surface area contributed by atoms with E-state index in [0.29, 0.717) is 18.7 Å². The van der Waals surface area contributed by atoms with Crippen LogP contribution in [0.1, 0.15) is 26.2 Å². The summed E-state index contributed by atoms with van der Waals surface area (Å²) in [6.45, 7) is 3.25. The molecule has 1 amide bonds. The van der Waals surface area contributed by atoms with Crippen LogP contribution in [-0.4, -0.2) is 44.3 Å². The summed E-state index contributed by atoms with van der Waals surface area (Å²) in [6.07, 6.45) is 2.07. The van der Waals surface area contributed by atoms with Gasteiger partial charge in [-0.15, -0.1) is 0 Å². The number of benzene rings is 1. The molecule has 7 nitrogen and oxygen atoms in total. The van der Waals surface area contributed by atoms with Crippen molar-refractivity contribution in [1.29, 1.82) is 0 Å². The highest BCUT2D eigenvalue weighted by Crippen LogP contribution is 2.32. The Kier molecular flexibility index (Phi) is 4.69. The van der Waals surface area contributed by atoms with Gasteiger partial charge in [-0.1, -0.05) is 0 Å². The van der Waals surface area contributed by atoms with E-state index in [0.717, 1.165) is 19.4 Å². The number of piperidine rings is 1. The third kappa shape index (κ3) is 3.49. The number of nitrogens with one attached hydrogen (secondary N) is 2. The number of amides is 1. The minimum Gasteiger partial charge on any atom is -0.506 e. The molecule has 2 heterocycles. The first-order chi connectivity index (χ1) is 11.4. The van der Waals surface area contributed by atoms with Crippen LogP contribution in [0.2, 0.25) is 0 Å². The van der Waals surface area contributed by atoms with Gasteiger partial charge in [0.2, 0.25) is 15.9 Å². The van der Waals surface area contributed by atoms with Gasteiger partial charge in [0, 0.05) is 18.5 Å². The largest absolute Gasteiger partial charge is 0.506 e. The van der Waals surface area contributed by atoms with Crippen molar-refractivity contribution < 1.29 is 18.3 Å². The summed E-state index contributed by atoms with van der Waals surface area (Å²) in [4.78, 5) is 12.4. The molecule has 2 atom stereocenters. The summed E-state index contributed by atoms with van der Waals surface area (Å²) in [5, 5.41) is 16.1. The van der Waals surface area contributed by atoms with Gasteiger partial charge in [-0.2, -0.15) is 0 Å². The molecule has 2 aliphatic heterocycles. The number of sulfonamides is 1. The van der Waals surface area contributed by atoms with E-state index in [9.17, 15) is 18.3 Å². The molecule has 0 bridgehead atoms. The van der Waals surface area contributed by atoms with Gasteiger partial charge in [-0.05, 0) is 50.9 Å². The van der Waals surface area contributed by atoms with Crippen LogP contribution in [0.4, 0.5) is 11.4 Å². The molecule has 24 heavy (non-hydrogen) atoms. The molecule has 2 saturated heterocycles. The lowest BCUT2D eigenvalue weighted by molar-refractivity contribution is -0.120. The van der Waals surface area contributed by atoms with E-state index in [4.69, 9.17) is 0 Å². The number of nitrogens with zero attached hydrogens (tertiary/aromatic N) is 1. The first-order valence-corrected chi connectivity index (χ1v) is 9.85. The first-order valence-electron chi connectivity index (χ1n) is 8.24. The molecule has 0 aliphatic carbocycles. The summed E-state index contributed by atoms with van der Waals surface area (Å²) in [5.41, 5.74) is 0.727. The Balaban J connectivity index is 1.78. The Morgan fingerprint density at radius 1 is 1.42 bits per heavy atom. The molecule has 2 fully saturated rings. The number of phenols is 1. The highest BCUT2D eigenvalue weighted by atomic mass is 32.2. The van der Waals surface area contributed by atoms with Crippen molar-refractivity contribution in [2.45, 2.75) is 32.2 Å². The fourth-order valence-corrected chi connectivity index (χ4v) is 4.87. The van der Waals surface area contributed by atoms with E-state index in [2.05, 4.69) is 10.6 Å². The lowest BCUT2D eigenvalue weighted by Gasteiger charge is -2.27. The van der Waals surface area contributed by atoms with Gasteiger partial charge in [-0.25, -0.2) is 8.42 Å². The van der Waals surface area contributed by atoms with E-state index >= 15 is 0 Å².